The van der Waals surface area contributed by atoms with Crippen LogP contribution in [0, 0.1) is 0 Å². The first-order valence-corrected chi connectivity index (χ1v) is 6.28. The lowest BCUT2D eigenvalue weighted by atomic mass is 10.0. The van der Waals surface area contributed by atoms with Gasteiger partial charge in [-0.15, -0.1) is 0 Å². The van der Waals surface area contributed by atoms with Crippen LogP contribution in [0.25, 0.3) is 10.9 Å². The maximum Gasteiger partial charge on any atom is 0.0737 e. The molecule has 88 valence electrons. The van der Waals surface area contributed by atoms with Crippen LogP contribution in [0.2, 0.25) is 5.02 Å². The lowest BCUT2D eigenvalue weighted by molar-refractivity contribution is 1.19. The van der Waals surface area contributed by atoms with E-state index in [9.17, 15) is 0 Å². The fourth-order valence-electron chi connectivity index (χ4n) is 2.13. The van der Waals surface area contributed by atoms with Crippen LogP contribution in [0.15, 0.2) is 60.8 Å². The molecule has 0 amide bonds. The van der Waals surface area contributed by atoms with Gasteiger partial charge >= 0.3 is 0 Å². The van der Waals surface area contributed by atoms with Crippen LogP contribution in [0.4, 0.5) is 0 Å². The highest BCUT2D eigenvalue weighted by Crippen LogP contribution is 2.20. The van der Waals surface area contributed by atoms with Gasteiger partial charge in [0.15, 0.2) is 0 Å². The molecule has 0 aliphatic carbocycles. The largest absolute Gasteiger partial charge is 0.256 e. The molecule has 0 saturated carbocycles. The molecular weight excluding hydrogens is 242 g/mol. The summed E-state index contributed by atoms with van der Waals surface area (Å²) in [6.45, 7) is 0. The van der Waals surface area contributed by atoms with Gasteiger partial charge in [-0.3, -0.25) is 4.98 Å². The van der Waals surface area contributed by atoms with E-state index < -0.39 is 0 Å². The van der Waals surface area contributed by atoms with Crippen molar-refractivity contribution in [3.63, 3.8) is 0 Å². The molecule has 0 aliphatic rings. The molecule has 0 atom stereocenters. The highest BCUT2D eigenvalue weighted by atomic mass is 35.5. The highest BCUT2D eigenvalue weighted by molar-refractivity contribution is 6.30. The Morgan fingerprint density at radius 3 is 2.50 bits per heavy atom. The summed E-state index contributed by atoms with van der Waals surface area (Å²) in [5.74, 6) is 0. The number of halogens is 1. The van der Waals surface area contributed by atoms with Gasteiger partial charge in [0.1, 0.15) is 0 Å². The van der Waals surface area contributed by atoms with E-state index in [1.165, 1.54) is 16.5 Å². The first-order valence-electron chi connectivity index (χ1n) is 5.90. The zero-order valence-electron chi connectivity index (χ0n) is 9.81. The molecule has 3 rings (SSSR count). The van der Waals surface area contributed by atoms with Gasteiger partial charge in [0.25, 0.3) is 0 Å². The minimum absolute atomic E-state index is 0.773. The lowest BCUT2D eigenvalue weighted by Gasteiger charge is -2.05. The van der Waals surface area contributed by atoms with E-state index in [0.29, 0.717) is 0 Å². The molecule has 0 saturated heterocycles. The number of pyridine rings is 1. The Labute approximate surface area is 111 Å². The summed E-state index contributed by atoms with van der Waals surface area (Å²) in [6.07, 6.45) is 2.72. The van der Waals surface area contributed by atoms with Crippen molar-refractivity contribution < 1.29 is 0 Å². The number of fused-ring (bicyclic) bond motifs is 1. The van der Waals surface area contributed by atoms with Gasteiger partial charge in [0, 0.05) is 16.6 Å². The molecule has 0 radical (unpaired) electrons. The molecule has 0 bridgehead atoms. The molecular formula is C16H12ClN. The van der Waals surface area contributed by atoms with Gasteiger partial charge < -0.3 is 0 Å². The van der Waals surface area contributed by atoms with E-state index in [0.717, 1.165) is 17.0 Å². The number of aromatic nitrogens is 1. The molecule has 2 heteroatoms. The molecule has 0 spiro atoms. The van der Waals surface area contributed by atoms with E-state index in [-0.39, 0.29) is 0 Å². The Morgan fingerprint density at radius 2 is 1.67 bits per heavy atom. The second-order valence-electron chi connectivity index (χ2n) is 4.30. The van der Waals surface area contributed by atoms with E-state index in [4.69, 9.17) is 11.6 Å². The molecule has 0 aliphatic heterocycles. The van der Waals surface area contributed by atoms with Crippen LogP contribution in [-0.4, -0.2) is 4.98 Å². The quantitative estimate of drug-likeness (QED) is 0.656. The second kappa shape index (κ2) is 4.79. The second-order valence-corrected chi connectivity index (χ2v) is 4.73. The molecule has 1 heterocycles. The number of para-hydroxylation sites is 1. The predicted octanol–water partition coefficient (Wildman–Crippen LogP) is 4.48. The summed E-state index contributed by atoms with van der Waals surface area (Å²) >= 11 is 5.90. The van der Waals surface area contributed by atoms with Crippen molar-refractivity contribution in [1.29, 1.82) is 0 Å². The molecule has 3 aromatic rings. The maximum atomic E-state index is 5.90. The van der Waals surface area contributed by atoms with Crippen LogP contribution >= 0.6 is 11.6 Å². The van der Waals surface area contributed by atoms with Crippen LogP contribution in [0.1, 0.15) is 11.1 Å². The van der Waals surface area contributed by atoms with Crippen LogP contribution in [-0.2, 0) is 6.42 Å². The number of hydrogen-bond acceptors (Lipinski definition) is 1. The number of nitrogens with zero attached hydrogens (tertiary/aromatic N) is 1. The summed E-state index contributed by atoms with van der Waals surface area (Å²) in [4.78, 5) is 4.47. The smallest absolute Gasteiger partial charge is 0.0737 e. The first-order chi connectivity index (χ1) is 8.83. The van der Waals surface area contributed by atoms with E-state index in [1.54, 1.807) is 0 Å². The summed E-state index contributed by atoms with van der Waals surface area (Å²) in [7, 11) is 0. The summed E-state index contributed by atoms with van der Waals surface area (Å²) in [6, 6.07) is 18.3. The van der Waals surface area contributed by atoms with Gasteiger partial charge in [-0.25, -0.2) is 0 Å². The van der Waals surface area contributed by atoms with Crippen molar-refractivity contribution in [2.45, 2.75) is 6.42 Å². The first kappa shape index (κ1) is 11.2. The standard InChI is InChI=1S/C16H12ClN/c17-15-8-6-12(7-9-15)11-14-4-1-3-13-5-2-10-18-16(13)14/h1-10H,11H2. The Balaban J connectivity index is 2.02. The average Bonchev–Trinajstić information content (AvgIpc) is 2.42. The third-order valence-corrected chi connectivity index (χ3v) is 3.28. The van der Waals surface area contributed by atoms with Crippen molar-refractivity contribution >= 4 is 22.5 Å². The van der Waals surface area contributed by atoms with Crippen molar-refractivity contribution in [3.8, 4) is 0 Å². The van der Waals surface area contributed by atoms with Gasteiger partial charge in [-0.1, -0.05) is 48.0 Å². The number of benzene rings is 2. The average molecular weight is 254 g/mol. The van der Waals surface area contributed by atoms with Gasteiger partial charge in [-0.2, -0.15) is 0 Å². The SMILES string of the molecule is Clc1ccc(Cc2cccc3cccnc23)cc1. The third kappa shape index (κ3) is 2.22. The van der Waals surface area contributed by atoms with Gasteiger partial charge in [0.2, 0.25) is 0 Å². The maximum absolute atomic E-state index is 5.90. The normalized spacial score (nSPS) is 10.7. The van der Waals surface area contributed by atoms with Crippen LogP contribution in [0.3, 0.4) is 0 Å². The number of hydrogen-bond donors (Lipinski definition) is 0. The highest BCUT2D eigenvalue weighted by Gasteiger charge is 2.02. The third-order valence-electron chi connectivity index (χ3n) is 3.02. The zero-order valence-corrected chi connectivity index (χ0v) is 10.6. The van der Waals surface area contributed by atoms with Crippen LogP contribution in [0.5, 0.6) is 0 Å². The van der Waals surface area contributed by atoms with Gasteiger partial charge in [0.05, 0.1) is 5.52 Å². The number of rotatable bonds is 2. The van der Waals surface area contributed by atoms with Crippen molar-refractivity contribution in [2.24, 2.45) is 0 Å². The molecule has 0 fully saturated rings. The van der Waals surface area contributed by atoms with Crippen molar-refractivity contribution in [2.75, 3.05) is 0 Å². The van der Waals surface area contributed by atoms with E-state index >= 15 is 0 Å². The molecule has 2 aromatic carbocycles. The van der Waals surface area contributed by atoms with Crippen LogP contribution < -0.4 is 0 Å². The molecule has 1 aromatic heterocycles. The Kier molecular flexibility index (Phi) is 2.99. The Bertz CT molecular complexity index is 669. The summed E-state index contributed by atoms with van der Waals surface area (Å²) in [5, 5.41) is 1.96. The molecule has 0 unspecified atom stereocenters. The monoisotopic (exact) mass is 253 g/mol. The van der Waals surface area contributed by atoms with Crippen molar-refractivity contribution in [3.05, 3.63) is 76.9 Å². The lowest BCUT2D eigenvalue weighted by Crippen LogP contribution is -1.91. The van der Waals surface area contributed by atoms with Crippen molar-refractivity contribution in [1.82, 2.24) is 4.98 Å². The fourth-order valence-corrected chi connectivity index (χ4v) is 2.26. The summed E-state index contributed by atoms with van der Waals surface area (Å²) in [5.41, 5.74) is 3.57. The van der Waals surface area contributed by atoms with E-state index in [2.05, 4.69) is 41.4 Å². The zero-order chi connectivity index (χ0) is 12.4. The molecule has 18 heavy (non-hydrogen) atoms. The fraction of sp³-hybridized carbons (Fsp3) is 0.0625. The Morgan fingerprint density at radius 1 is 0.889 bits per heavy atom. The topological polar surface area (TPSA) is 12.9 Å². The van der Waals surface area contributed by atoms with Gasteiger partial charge in [-0.05, 0) is 35.7 Å². The summed E-state index contributed by atoms with van der Waals surface area (Å²) < 4.78 is 0. The minimum Gasteiger partial charge on any atom is -0.256 e. The molecule has 1 nitrogen and oxygen atoms in total. The Hall–Kier alpha value is -1.86. The minimum atomic E-state index is 0.773. The van der Waals surface area contributed by atoms with E-state index in [1.807, 2.05) is 24.4 Å². The predicted molar refractivity (Wildman–Crippen MR) is 76.0 cm³/mol. The molecule has 0 N–H and O–H groups in total.